The van der Waals surface area contributed by atoms with E-state index < -0.39 is 52.0 Å². The number of sulfonamides is 1. The summed E-state index contributed by atoms with van der Waals surface area (Å²) in [5.74, 6) is -1.88. The highest BCUT2D eigenvalue weighted by Gasteiger charge is 2.35. The van der Waals surface area contributed by atoms with Gasteiger partial charge in [-0.05, 0) is 61.4 Å². The third-order valence-corrected chi connectivity index (χ3v) is 8.04. The van der Waals surface area contributed by atoms with Gasteiger partial charge in [-0.2, -0.15) is 13.2 Å². The Hall–Kier alpha value is -3.93. The highest BCUT2D eigenvalue weighted by Crippen LogP contribution is 2.33. The van der Waals surface area contributed by atoms with Crippen molar-refractivity contribution in [1.82, 2.24) is 10.2 Å². The fourth-order valence-electron chi connectivity index (χ4n) is 4.08. The lowest BCUT2D eigenvalue weighted by Gasteiger charge is -2.33. The maximum atomic E-state index is 13.8. The first kappa shape index (κ1) is 30.6. The molecule has 0 saturated heterocycles. The molecule has 0 radical (unpaired) electrons. The molecule has 0 saturated carbocycles. The minimum Gasteiger partial charge on any atom is -0.357 e. The van der Waals surface area contributed by atoms with Gasteiger partial charge in [0.05, 0.1) is 16.1 Å². The number of hydrogen-bond acceptors (Lipinski definition) is 4. The van der Waals surface area contributed by atoms with Crippen LogP contribution < -0.4 is 9.62 Å². The molecular weight excluding hydrogens is 550 g/mol. The topological polar surface area (TPSA) is 86.8 Å². The molecule has 1 N–H and O–H groups in total. The van der Waals surface area contributed by atoms with Crippen molar-refractivity contribution in [1.29, 1.82) is 0 Å². The highest BCUT2D eigenvalue weighted by molar-refractivity contribution is 7.92. The van der Waals surface area contributed by atoms with Gasteiger partial charge in [0.15, 0.2) is 0 Å². The molecule has 0 heterocycles. The first-order chi connectivity index (χ1) is 18.8. The number of halogens is 4. The van der Waals surface area contributed by atoms with Gasteiger partial charge in [0.25, 0.3) is 10.0 Å². The Labute approximate surface area is 230 Å². The minimum absolute atomic E-state index is 0.154. The number of nitrogens with zero attached hydrogens (tertiary/aromatic N) is 2. The number of amides is 2. The molecule has 3 aromatic rings. The van der Waals surface area contributed by atoms with E-state index in [1.54, 1.807) is 13.8 Å². The lowest BCUT2D eigenvalue weighted by atomic mass is 10.1. The molecule has 0 unspecified atom stereocenters. The molecule has 7 nitrogen and oxygen atoms in total. The summed E-state index contributed by atoms with van der Waals surface area (Å²) in [6.45, 7) is 2.32. The number of likely N-dealkylation sites (N-methyl/N-ethyl adjacent to an activating group) is 1. The molecule has 0 fully saturated rings. The third-order valence-electron chi connectivity index (χ3n) is 6.25. The van der Waals surface area contributed by atoms with E-state index in [0.29, 0.717) is 15.9 Å². The van der Waals surface area contributed by atoms with Crippen LogP contribution in [0.3, 0.4) is 0 Å². The monoisotopic (exact) mass is 579 g/mol. The van der Waals surface area contributed by atoms with E-state index in [9.17, 15) is 35.6 Å². The standard InChI is InChI=1S/C28H29F4N3O4S/c1-4-25(27(37)33-3)34(17-20-10-12-22(29)13-11-20)26(36)18-35(23-7-5-6-21(16-23)28(30,31)32)40(38,39)24-14-8-19(2)9-15-24/h5-16,25H,4,17-18H2,1-3H3,(H,33,37)/t25-/m0/s1. The normalized spacial score (nSPS) is 12.5. The van der Waals surface area contributed by atoms with Gasteiger partial charge in [-0.15, -0.1) is 0 Å². The average Bonchev–Trinajstić information content (AvgIpc) is 2.92. The Bertz CT molecular complexity index is 1440. The zero-order chi connectivity index (χ0) is 29.7. The molecule has 2 amide bonds. The van der Waals surface area contributed by atoms with Crippen LogP contribution in [0.15, 0.2) is 77.7 Å². The SMILES string of the molecule is CC[C@@H](C(=O)NC)N(Cc1ccc(F)cc1)C(=O)CN(c1cccc(C(F)(F)F)c1)S(=O)(=O)c1ccc(C)cc1. The summed E-state index contributed by atoms with van der Waals surface area (Å²) < 4.78 is 82.1. The first-order valence-corrected chi connectivity index (χ1v) is 13.7. The quantitative estimate of drug-likeness (QED) is 0.346. The summed E-state index contributed by atoms with van der Waals surface area (Å²) in [5.41, 5.74) is -0.258. The van der Waals surface area contributed by atoms with Crippen LogP contribution in [-0.2, 0) is 32.3 Å². The summed E-state index contributed by atoms with van der Waals surface area (Å²) in [6.07, 6.45) is -4.61. The largest absolute Gasteiger partial charge is 0.416 e. The fraction of sp³-hybridized carbons (Fsp3) is 0.286. The van der Waals surface area contributed by atoms with Gasteiger partial charge in [-0.3, -0.25) is 13.9 Å². The number of rotatable bonds is 10. The second-order valence-electron chi connectivity index (χ2n) is 9.06. The molecule has 40 heavy (non-hydrogen) atoms. The van der Waals surface area contributed by atoms with Gasteiger partial charge in [-0.1, -0.05) is 42.8 Å². The van der Waals surface area contributed by atoms with Crippen LogP contribution in [0.25, 0.3) is 0 Å². The summed E-state index contributed by atoms with van der Waals surface area (Å²) in [5, 5.41) is 2.47. The van der Waals surface area contributed by atoms with E-state index in [4.69, 9.17) is 0 Å². The van der Waals surface area contributed by atoms with Crippen LogP contribution in [0, 0.1) is 12.7 Å². The number of alkyl halides is 3. The van der Waals surface area contributed by atoms with Gasteiger partial charge < -0.3 is 10.2 Å². The van der Waals surface area contributed by atoms with Crippen LogP contribution in [0.1, 0.15) is 30.0 Å². The molecule has 214 valence electrons. The van der Waals surface area contributed by atoms with Crippen LogP contribution in [-0.4, -0.2) is 44.8 Å². The minimum atomic E-state index is -4.76. The van der Waals surface area contributed by atoms with E-state index in [1.807, 2.05) is 0 Å². The van der Waals surface area contributed by atoms with Crippen molar-refractivity contribution in [3.8, 4) is 0 Å². The van der Waals surface area contributed by atoms with Crippen LogP contribution in [0.5, 0.6) is 0 Å². The Kier molecular flexibility index (Phi) is 9.56. The molecule has 0 aliphatic heterocycles. The number of aryl methyl sites for hydroxylation is 1. The van der Waals surface area contributed by atoms with E-state index in [2.05, 4.69) is 5.32 Å². The molecule has 0 aromatic heterocycles. The number of benzene rings is 3. The maximum Gasteiger partial charge on any atom is 0.416 e. The Morgan fingerprint density at radius 2 is 1.60 bits per heavy atom. The molecule has 3 aromatic carbocycles. The fourth-order valence-corrected chi connectivity index (χ4v) is 5.48. The highest BCUT2D eigenvalue weighted by atomic mass is 32.2. The summed E-state index contributed by atoms with van der Waals surface area (Å²) in [6, 6.07) is 13.5. The molecule has 0 spiro atoms. The molecule has 0 aliphatic carbocycles. The van der Waals surface area contributed by atoms with Gasteiger partial charge in [0, 0.05) is 13.6 Å². The second-order valence-corrected chi connectivity index (χ2v) is 10.9. The van der Waals surface area contributed by atoms with Crippen LogP contribution in [0.2, 0.25) is 0 Å². The third kappa shape index (κ3) is 7.17. The van der Waals surface area contributed by atoms with Crippen molar-refractivity contribution >= 4 is 27.5 Å². The number of anilines is 1. The molecule has 0 bridgehead atoms. The van der Waals surface area contributed by atoms with E-state index >= 15 is 0 Å². The number of carbonyl (C=O) groups excluding carboxylic acids is 2. The first-order valence-electron chi connectivity index (χ1n) is 12.3. The zero-order valence-electron chi connectivity index (χ0n) is 22.1. The predicted molar refractivity (Wildman–Crippen MR) is 142 cm³/mol. The lowest BCUT2D eigenvalue weighted by molar-refractivity contribution is -0.140. The van der Waals surface area contributed by atoms with Crippen molar-refractivity contribution < 1.29 is 35.6 Å². The maximum absolute atomic E-state index is 13.8. The predicted octanol–water partition coefficient (Wildman–Crippen LogP) is 4.90. The van der Waals surface area contributed by atoms with E-state index in [0.717, 1.165) is 28.7 Å². The summed E-state index contributed by atoms with van der Waals surface area (Å²) in [4.78, 5) is 27.4. The van der Waals surface area contributed by atoms with Gasteiger partial charge >= 0.3 is 6.18 Å². The van der Waals surface area contributed by atoms with Gasteiger partial charge in [0.1, 0.15) is 18.4 Å². The van der Waals surface area contributed by atoms with Gasteiger partial charge in [-0.25, -0.2) is 12.8 Å². The second kappa shape index (κ2) is 12.5. The zero-order valence-corrected chi connectivity index (χ0v) is 22.9. The molecule has 1 atom stereocenters. The molecular formula is C28H29F4N3O4S. The van der Waals surface area contributed by atoms with Crippen molar-refractivity contribution in [2.75, 3.05) is 17.9 Å². The van der Waals surface area contributed by atoms with Crippen molar-refractivity contribution in [2.45, 2.75) is 43.9 Å². The lowest BCUT2D eigenvalue weighted by Crippen LogP contribution is -2.51. The van der Waals surface area contributed by atoms with Crippen molar-refractivity contribution in [3.05, 3.63) is 95.3 Å². The summed E-state index contributed by atoms with van der Waals surface area (Å²) >= 11 is 0. The summed E-state index contributed by atoms with van der Waals surface area (Å²) in [7, 11) is -3.15. The number of nitrogens with one attached hydrogen (secondary N) is 1. The Morgan fingerprint density at radius 3 is 2.15 bits per heavy atom. The van der Waals surface area contributed by atoms with Gasteiger partial charge in [0.2, 0.25) is 11.8 Å². The Balaban J connectivity index is 2.11. The molecule has 3 rings (SSSR count). The van der Waals surface area contributed by atoms with Crippen LogP contribution >= 0.6 is 0 Å². The van der Waals surface area contributed by atoms with E-state index in [-0.39, 0.29) is 23.5 Å². The molecule has 0 aliphatic rings. The Morgan fingerprint density at radius 1 is 0.975 bits per heavy atom. The van der Waals surface area contributed by atoms with Crippen molar-refractivity contribution in [2.24, 2.45) is 0 Å². The number of hydrogen-bond donors (Lipinski definition) is 1. The molecule has 12 heteroatoms. The smallest absolute Gasteiger partial charge is 0.357 e. The van der Waals surface area contributed by atoms with E-state index in [1.165, 1.54) is 55.6 Å². The average molecular weight is 580 g/mol. The van der Waals surface area contributed by atoms with Crippen molar-refractivity contribution in [3.63, 3.8) is 0 Å². The number of carbonyl (C=O) groups is 2. The van der Waals surface area contributed by atoms with Crippen LogP contribution in [0.4, 0.5) is 23.2 Å².